The number of pyridine rings is 1. The number of nitrogens with two attached hydrogens (primary N) is 1. The van der Waals surface area contributed by atoms with E-state index in [2.05, 4.69) is 0 Å². The van der Waals surface area contributed by atoms with Gasteiger partial charge < -0.3 is 20.1 Å². The van der Waals surface area contributed by atoms with Gasteiger partial charge in [-0.3, -0.25) is 0 Å². The van der Waals surface area contributed by atoms with Gasteiger partial charge >= 0.3 is 0 Å². The van der Waals surface area contributed by atoms with Gasteiger partial charge in [-0.25, -0.2) is 13.0 Å². The molecule has 1 unspecified atom stereocenters. The van der Waals surface area contributed by atoms with Gasteiger partial charge in [-0.05, 0) is 36.2 Å². The molecule has 1 aromatic heterocycles. The van der Waals surface area contributed by atoms with E-state index in [1.807, 2.05) is 0 Å². The Bertz CT molecular complexity index is 751. The van der Waals surface area contributed by atoms with Crippen LogP contribution in [0, 0.1) is 0 Å². The van der Waals surface area contributed by atoms with Gasteiger partial charge in [0.1, 0.15) is 18.5 Å². The van der Waals surface area contributed by atoms with Crippen LogP contribution in [0.15, 0.2) is 48.8 Å². The van der Waals surface area contributed by atoms with Gasteiger partial charge in [0.05, 0.1) is 10.1 Å². The lowest BCUT2D eigenvalue weighted by Crippen LogP contribution is -2.41. The summed E-state index contributed by atoms with van der Waals surface area (Å²) < 4.78 is 39.1. The summed E-state index contributed by atoms with van der Waals surface area (Å²) in [4.78, 5) is 0. The van der Waals surface area contributed by atoms with Crippen molar-refractivity contribution >= 4 is 32.8 Å². The smallest absolute Gasteiger partial charge is 0.177 e. The summed E-state index contributed by atoms with van der Waals surface area (Å²) in [5, 5.41) is 10.0. The van der Waals surface area contributed by atoms with Crippen LogP contribution >= 0.6 is 17.0 Å². The second-order valence-electron chi connectivity index (χ2n) is 5.45. The van der Waals surface area contributed by atoms with Gasteiger partial charge in [0.2, 0.25) is 0 Å². The number of halogens is 1. The molecule has 2 rings (SSSR count). The van der Waals surface area contributed by atoms with E-state index in [-0.39, 0.29) is 30.0 Å². The fourth-order valence-electron chi connectivity index (χ4n) is 2.07. The number of hydrogen-bond acceptors (Lipinski definition) is 6. The van der Waals surface area contributed by atoms with Gasteiger partial charge in [0, 0.05) is 23.6 Å². The van der Waals surface area contributed by atoms with Crippen LogP contribution in [0.3, 0.4) is 0 Å². The van der Waals surface area contributed by atoms with Crippen molar-refractivity contribution < 1.29 is 27.4 Å². The molecule has 1 atom stereocenters. The van der Waals surface area contributed by atoms with E-state index in [1.165, 1.54) is 0 Å². The van der Waals surface area contributed by atoms with Crippen molar-refractivity contribution in [3.05, 3.63) is 54.4 Å². The molecule has 0 fully saturated rings. The van der Waals surface area contributed by atoms with Crippen molar-refractivity contribution in [2.45, 2.75) is 19.1 Å². The van der Waals surface area contributed by atoms with Crippen molar-refractivity contribution in [1.82, 2.24) is 0 Å². The molecule has 2 aromatic rings. The first-order chi connectivity index (χ1) is 11.3. The van der Waals surface area contributed by atoms with E-state index in [1.54, 1.807) is 53.4 Å². The Morgan fingerprint density at radius 2 is 1.76 bits per heavy atom. The number of hydrogen-bond donors (Lipinski definition) is 2. The van der Waals surface area contributed by atoms with Crippen LogP contribution in [0.25, 0.3) is 0 Å². The van der Waals surface area contributed by atoms with Gasteiger partial charge in [0.25, 0.3) is 0 Å². The highest BCUT2D eigenvalue weighted by Gasteiger charge is 2.12. The van der Waals surface area contributed by atoms with Crippen LogP contribution in [0.4, 0.5) is 5.69 Å². The molecule has 0 saturated carbocycles. The zero-order valence-corrected chi connectivity index (χ0v) is 16.0. The fraction of sp³-hybridized carbons (Fsp3) is 0.312. The van der Waals surface area contributed by atoms with Gasteiger partial charge in [-0.15, -0.1) is 17.0 Å². The normalized spacial score (nSPS) is 12.2. The molecule has 1 heterocycles. The number of anilines is 1. The summed E-state index contributed by atoms with van der Waals surface area (Å²) in [5.74, 6) is 0.206. The minimum atomic E-state index is -4.21. The summed E-state index contributed by atoms with van der Waals surface area (Å²) in [6.07, 6.45) is 2.91. The van der Waals surface area contributed by atoms with E-state index < -0.39 is 22.0 Å². The minimum absolute atomic E-state index is 0. The third kappa shape index (κ3) is 8.30. The zero-order valence-electron chi connectivity index (χ0n) is 13.4. The predicted molar refractivity (Wildman–Crippen MR) is 97.6 cm³/mol. The van der Waals surface area contributed by atoms with E-state index in [4.69, 9.17) is 10.5 Å². The van der Waals surface area contributed by atoms with Crippen molar-refractivity contribution in [2.75, 3.05) is 18.1 Å². The third-order valence-electron chi connectivity index (χ3n) is 3.34. The van der Waals surface area contributed by atoms with Crippen molar-refractivity contribution in [2.24, 2.45) is 0 Å². The second-order valence-corrected chi connectivity index (χ2v) is 6.97. The minimum Gasteiger partial charge on any atom is -0.748 e. The summed E-state index contributed by atoms with van der Waals surface area (Å²) >= 11 is 0. The van der Waals surface area contributed by atoms with Crippen molar-refractivity contribution in [3.63, 3.8) is 0 Å². The van der Waals surface area contributed by atoms with Gasteiger partial charge in [0.15, 0.2) is 18.9 Å². The van der Waals surface area contributed by atoms with E-state index in [9.17, 15) is 18.1 Å². The SMILES string of the molecule is Br.Nc1ccc(OCC(O)C[n+]2ccc(CCS(=O)(=O)[O-])cc2)cc1. The maximum atomic E-state index is 10.6. The zero-order chi connectivity index (χ0) is 17.6. The van der Waals surface area contributed by atoms with Crippen LogP contribution in [0.5, 0.6) is 5.75 Å². The van der Waals surface area contributed by atoms with E-state index in [0.29, 0.717) is 18.0 Å². The lowest BCUT2D eigenvalue weighted by Gasteiger charge is -2.10. The molecule has 0 aliphatic rings. The van der Waals surface area contributed by atoms with Gasteiger partial charge in [-0.1, -0.05) is 0 Å². The molecular weight excluding hydrogens is 412 g/mol. The second kappa shape index (κ2) is 9.71. The molecule has 7 nitrogen and oxygen atoms in total. The maximum Gasteiger partial charge on any atom is 0.177 e. The van der Waals surface area contributed by atoms with E-state index >= 15 is 0 Å². The van der Waals surface area contributed by atoms with Crippen LogP contribution in [0.2, 0.25) is 0 Å². The maximum absolute atomic E-state index is 10.6. The number of aliphatic hydroxyl groups excluding tert-OH is 1. The third-order valence-corrected chi connectivity index (χ3v) is 4.05. The predicted octanol–water partition coefficient (Wildman–Crippen LogP) is 0.662. The molecule has 0 radical (unpaired) electrons. The number of ether oxygens (including phenoxy) is 1. The summed E-state index contributed by atoms with van der Waals surface area (Å²) in [6, 6.07) is 10.3. The Morgan fingerprint density at radius 3 is 2.32 bits per heavy atom. The molecule has 0 bridgehead atoms. The Labute approximate surface area is 157 Å². The Hall–Kier alpha value is -1.68. The van der Waals surface area contributed by atoms with E-state index in [0.717, 1.165) is 5.56 Å². The first-order valence-electron chi connectivity index (χ1n) is 7.40. The fourth-order valence-corrected chi connectivity index (χ4v) is 2.56. The lowest BCUT2D eigenvalue weighted by atomic mass is 10.2. The average molecular weight is 433 g/mol. The van der Waals surface area contributed by atoms with Gasteiger partial charge in [-0.2, -0.15) is 0 Å². The van der Waals surface area contributed by atoms with Crippen molar-refractivity contribution in [1.29, 1.82) is 0 Å². The largest absolute Gasteiger partial charge is 0.748 e. The Morgan fingerprint density at radius 1 is 1.16 bits per heavy atom. The summed E-state index contributed by atoms with van der Waals surface area (Å²) in [5.41, 5.74) is 6.97. The number of aromatic nitrogens is 1. The van der Waals surface area contributed by atoms with Crippen LogP contribution in [-0.2, 0) is 23.1 Å². The molecule has 0 spiro atoms. The first kappa shape index (κ1) is 21.4. The number of nitrogen functional groups attached to an aromatic ring is 1. The molecule has 25 heavy (non-hydrogen) atoms. The topological polar surface area (TPSA) is 117 Å². The molecule has 0 amide bonds. The molecule has 0 aliphatic heterocycles. The number of benzene rings is 1. The highest BCUT2D eigenvalue weighted by molar-refractivity contribution is 8.93. The Kier molecular flexibility index (Phi) is 8.30. The Balaban J connectivity index is 0.00000312. The summed E-state index contributed by atoms with van der Waals surface area (Å²) in [6.45, 7) is 0.461. The first-order valence-corrected chi connectivity index (χ1v) is 8.97. The van der Waals surface area contributed by atoms with Crippen molar-refractivity contribution in [3.8, 4) is 5.75 Å². The quantitative estimate of drug-likeness (QED) is 0.359. The number of rotatable bonds is 8. The number of aryl methyl sites for hydroxylation is 1. The monoisotopic (exact) mass is 432 g/mol. The van der Waals surface area contributed by atoms with Crippen LogP contribution in [-0.4, -0.2) is 36.5 Å². The molecule has 1 aromatic carbocycles. The molecule has 138 valence electrons. The molecular formula is C16H21BrN2O5S. The molecule has 0 aliphatic carbocycles. The highest BCUT2D eigenvalue weighted by atomic mass is 79.9. The highest BCUT2D eigenvalue weighted by Crippen LogP contribution is 2.13. The molecule has 3 N–H and O–H groups in total. The average Bonchev–Trinajstić information content (AvgIpc) is 2.53. The number of nitrogens with zero attached hydrogens (tertiary/aromatic N) is 1. The van der Waals surface area contributed by atoms with Crippen LogP contribution < -0.4 is 15.0 Å². The molecule has 0 saturated heterocycles. The molecule has 9 heteroatoms. The lowest BCUT2D eigenvalue weighted by molar-refractivity contribution is -0.703. The number of aliphatic hydroxyl groups is 1. The van der Waals surface area contributed by atoms with Crippen LogP contribution in [0.1, 0.15) is 5.56 Å². The standard InChI is InChI=1S/C16H20N2O5S.BrH/c17-14-1-3-16(4-2-14)23-12-15(19)11-18-8-5-13(6-9-18)7-10-24(20,21)22;/h1-6,8-9,15,19H,7,10-12,17H2;1H. The summed E-state index contributed by atoms with van der Waals surface area (Å²) in [7, 11) is -4.21.